The van der Waals surface area contributed by atoms with Crippen molar-refractivity contribution in [1.29, 1.82) is 0 Å². The van der Waals surface area contributed by atoms with Gasteiger partial charge in [0.05, 0.1) is 5.56 Å². The Balaban J connectivity index is 1.84. The van der Waals surface area contributed by atoms with Gasteiger partial charge < -0.3 is 16.0 Å². The molecule has 4 nitrogen and oxygen atoms in total. The van der Waals surface area contributed by atoms with Gasteiger partial charge >= 0.3 is 0 Å². The average Bonchev–Trinajstić information content (AvgIpc) is 3.09. The van der Waals surface area contributed by atoms with Crippen LogP contribution < -0.4 is 16.0 Å². The fourth-order valence-corrected chi connectivity index (χ4v) is 2.85. The summed E-state index contributed by atoms with van der Waals surface area (Å²) < 4.78 is 13.6. The Hall–Kier alpha value is -2.40. The maximum atomic E-state index is 13.6. The lowest BCUT2D eigenvalue weighted by molar-refractivity contribution is 0.102. The quantitative estimate of drug-likeness (QED) is 0.911. The van der Waals surface area contributed by atoms with Gasteiger partial charge in [-0.15, -0.1) is 0 Å². The zero-order chi connectivity index (χ0) is 16.2. The second-order valence-corrected chi connectivity index (χ2v) is 5.71. The molecule has 1 fully saturated rings. The Labute approximate surface area is 135 Å². The number of anilines is 2. The minimum Gasteiger partial charge on any atom is -0.371 e. The van der Waals surface area contributed by atoms with E-state index >= 15 is 0 Å². The largest absolute Gasteiger partial charge is 0.371 e. The number of hydrogen-bond acceptors (Lipinski definition) is 3. The first-order chi connectivity index (χ1) is 11.2. The molecule has 0 spiro atoms. The lowest BCUT2D eigenvalue weighted by atomic mass is 10.1. The summed E-state index contributed by atoms with van der Waals surface area (Å²) in [4.78, 5) is 14.7. The van der Waals surface area contributed by atoms with Gasteiger partial charge in [-0.25, -0.2) is 4.39 Å². The molecule has 2 aromatic rings. The highest BCUT2D eigenvalue weighted by Gasteiger charge is 2.20. The lowest BCUT2D eigenvalue weighted by Crippen LogP contribution is -2.23. The second kappa shape index (κ2) is 6.79. The first kappa shape index (κ1) is 15.5. The Kier molecular flexibility index (Phi) is 4.57. The Bertz CT molecular complexity index is 694. The van der Waals surface area contributed by atoms with E-state index in [0.29, 0.717) is 17.8 Å². The molecule has 0 aromatic heterocycles. The minimum atomic E-state index is -0.406. The summed E-state index contributed by atoms with van der Waals surface area (Å²) in [6, 6.07) is 11.7. The normalized spacial score (nSPS) is 14.1. The van der Waals surface area contributed by atoms with Crippen LogP contribution in [0.2, 0.25) is 0 Å². The fourth-order valence-electron chi connectivity index (χ4n) is 2.85. The molecule has 5 heteroatoms. The molecular formula is C18H20FN3O. The van der Waals surface area contributed by atoms with Crippen LogP contribution in [-0.4, -0.2) is 19.0 Å². The predicted octanol–water partition coefficient (Wildman–Crippen LogP) is 3.14. The van der Waals surface area contributed by atoms with E-state index in [4.69, 9.17) is 5.73 Å². The van der Waals surface area contributed by atoms with Gasteiger partial charge in [0.2, 0.25) is 0 Å². The SMILES string of the molecule is NCc1ccc(NC(=O)c2cc(F)ccc2N2CCCC2)cc1. The van der Waals surface area contributed by atoms with E-state index < -0.39 is 5.82 Å². The number of amides is 1. The van der Waals surface area contributed by atoms with Crippen molar-refractivity contribution in [2.45, 2.75) is 19.4 Å². The van der Waals surface area contributed by atoms with Gasteiger partial charge in [0, 0.05) is 31.0 Å². The van der Waals surface area contributed by atoms with Crippen molar-refractivity contribution >= 4 is 17.3 Å². The van der Waals surface area contributed by atoms with Crippen LogP contribution in [0.4, 0.5) is 15.8 Å². The van der Waals surface area contributed by atoms with Crippen LogP contribution in [0, 0.1) is 5.82 Å². The van der Waals surface area contributed by atoms with E-state index in [2.05, 4.69) is 10.2 Å². The molecule has 1 heterocycles. The van der Waals surface area contributed by atoms with Crippen LogP contribution in [0.3, 0.4) is 0 Å². The van der Waals surface area contributed by atoms with E-state index in [1.54, 1.807) is 18.2 Å². The predicted molar refractivity (Wildman–Crippen MR) is 90.1 cm³/mol. The number of nitrogens with two attached hydrogens (primary N) is 1. The molecule has 0 aliphatic carbocycles. The molecule has 0 radical (unpaired) electrons. The number of rotatable bonds is 4. The first-order valence-corrected chi connectivity index (χ1v) is 7.82. The van der Waals surface area contributed by atoms with E-state index in [9.17, 15) is 9.18 Å². The Morgan fingerprint density at radius 2 is 1.83 bits per heavy atom. The molecule has 0 bridgehead atoms. The van der Waals surface area contributed by atoms with Crippen LogP contribution in [0.15, 0.2) is 42.5 Å². The first-order valence-electron chi connectivity index (χ1n) is 7.82. The van der Waals surface area contributed by atoms with Crippen LogP contribution in [0.5, 0.6) is 0 Å². The van der Waals surface area contributed by atoms with Gasteiger partial charge in [0.15, 0.2) is 0 Å². The van der Waals surface area contributed by atoms with Crippen molar-refractivity contribution in [2.75, 3.05) is 23.3 Å². The van der Waals surface area contributed by atoms with Crippen molar-refractivity contribution in [3.05, 3.63) is 59.4 Å². The van der Waals surface area contributed by atoms with Crippen LogP contribution in [-0.2, 0) is 6.54 Å². The molecular weight excluding hydrogens is 293 g/mol. The molecule has 2 aromatic carbocycles. The molecule has 1 aliphatic heterocycles. The van der Waals surface area contributed by atoms with Crippen molar-refractivity contribution in [1.82, 2.24) is 0 Å². The van der Waals surface area contributed by atoms with Gasteiger partial charge in [0.1, 0.15) is 5.82 Å². The zero-order valence-corrected chi connectivity index (χ0v) is 12.9. The number of nitrogens with one attached hydrogen (secondary N) is 1. The third-order valence-corrected chi connectivity index (χ3v) is 4.10. The third-order valence-electron chi connectivity index (χ3n) is 4.10. The topological polar surface area (TPSA) is 58.4 Å². The highest BCUT2D eigenvalue weighted by molar-refractivity contribution is 6.08. The zero-order valence-electron chi connectivity index (χ0n) is 12.9. The number of nitrogens with zero attached hydrogens (tertiary/aromatic N) is 1. The van der Waals surface area contributed by atoms with Gasteiger partial charge in [0.25, 0.3) is 5.91 Å². The molecule has 1 amide bonds. The molecule has 3 N–H and O–H groups in total. The molecule has 0 saturated carbocycles. The smallest absolute Gasteiger partial charge is 0.257 e. The highest BCUT2D eigenvalue weighted by Crippen LogP contribution is 2.26. The van der Waals surface area contributed by atoms with Gasteiger partial charge in [-0.3, -0.25) is 4.79 Å². The number of benzene rings is 2. The van der Waals surface area contributed by atoms with Gasteiger partial charge in [-0.2, -0.15) is 0 Å². The summed E-state index contributed by atoms with van der Waals surface area (Å²) in [6.07, 6.45) is 2.19. The number of hydrogen-bond donors (Lipinski definition) is 2. The lowest BCUT2D eigenvalue weighted by Gasteiger charge is -2.21. The maximum absolute atomic E-state index is 13.6. The van der Waals surface area contributed by atoms with E-state index in [1.807, 2.05) is 12.1 Å². The van der Waals surface area contributed by atoms with Crippen molar-refractivity contribution in [3.8, 4) is 0 Å². The molecule has 1 saturated heterocycles. The molecule has 1 aliphatic rings. The molecule has 0 unspecified atom stereocenters. The number of carbonyl (C=O) groups excluding carboxylic acids is 1. The maximum Gasteiger partial charge on any atom is 0.257 e. The summed E-state index contributed by atoms with van der Waals surface area (Å²) in [5, 5.41) is 2.83. The van der Waals surface area contributed by atoms with Gasteiger partial charge in [-0.1, -0.05) is 12.1 Å². The van der Waals surface area contributed by atoms with Gasteiger partial charge in [-0.05, 0) is 48.7 Å². The molecule has 0 atom stereocenters. The summed E-state index contributed by atoms with van der Waals surface area (Å²) in [7, 11) is 0. The van der Waals surface area contributed by atoms with Crippen LogP contribution >= 0.6 is 0 Å². The van der Waals surface area contributed by atoms with Crippen molar-refractivity contribution in [2.24, 2.45) is 5.73 Å². The highest BCUT2D eigenvalue weighted by atomic mass is 19.1. The summed E-state index contributed by atoms with van der Waals surface area (Å²) >= 11 is 0. The molecule has 3 rings (SSSR count). The van der Waals surface area contributed by atoms with E-state index in [-0.39, 0.29) is 5.91 Å². The third kappa shape index (κ3) is 3.51. The average molecular weight is 313 g/mol. The van der Waals surface area contributed by atoms with Crippen LogP contribution in [0.25, 0.3) is 0 Å². The molecule has 23 heavy (non-hydrogen) atoms. The van der Waals surface area contributed by atoms with E-state index in [1.165, 1.54) is 12.1 Å². The fraction of sp³-hybridized carbons (Fsp3) is 0.278. The van der Waals surface area contributed by atoms with Crippen molar-refractivity contribution < 1.29 is 9.18 Å². The Morgan fingerprint density at radius 1 is 1.13 bits per heavy atom. The summed E-state index contributed by atoms with van der Waals surface area (Å²) in [5.41, 5.74) is 8.39. The van der Waals surface area contributed by atoms with Crippen LogP contribution in [0.1, 0.15) is 28.8 Å². The monoisotopic (exact) mass is 313 g/mol. The minimum absolute atomic E-state index is 0.299. The number of carbonyl (C=O) groups is 1. The van der Waals surface area contributed by atoms with Crippen molar-refractivity contribution in [3.63, 3.8) is 0 Å². The second-order valence-electron chi connectivity index (χ2n) is 5.71. The Morgan fingerprint density at radius 3 is 2.48 bits per heavy atom. The summed E-state index contributed by atoms with van der Waals surface area (Å²) in [5.74, 6) is -0.705. The summed E-state index contributed by atoms with van der Waals surface area (Å²) in [6.45, 7) is 2.26. The molecule has 120 valence electrons. The standard InChI is InChI=1S/C18H20FN3O/c19-14-5-8-17(22-9-1-2-10-22)16(11-14)18(23)21-15-6-3-13(12-20)4-7-15/h3-8,11H,1-2,9-10,12,20H2,(H,21,23). The number of halogens is 1. The van der Waals surface area contributed by atoms with E-state index in [0.717, 1.165) is 37.2 Å².